The van der Waals surface area contributed by atoms with Gasteiger partial charge in [0.1, 0.15) is 19.3 Å². The molecule has 5 rings (SSSR count). The van der Waals surface area contributed by atoms with E-state index in [4.69, 9.17) is 14.2 Å². The summed E-state index contributed by atoms with van der Waals surface area (Å²) in [4.78, 5) is 16.7. The predicted molar refractivity (Wildman–Crippen MR) is 130 cm³/mol. The van der Waals surface area contributed by atoms with Gasteiger partial charge in [-0.15, -0.1) is 0 Å². The Morgan fingerprint density at radius 3 is 2.61 bits per heavy atom. The Balaban J connectivity index is 1.06. The van der Waals surface area contributed by atoms with Crippen molar-refractivity contribution in [1.29, 1.82) is 0 Å². The third-order valence-corrected chi connectivity index (χ3v) is 7.45. The number of benzene rings is 2. The fourth-order valence-electron chi connectivity index (χ4n) is 5.06. The summed E-state index contributed by atoms with van der Waals surface area (Å²) in [5, 5.41) is 0. The number of hydrogen-bond acceptors (Lipinski definition) is 5. The summed E-state index contributed by atoms with van der Waals surface area (Å²) in [6.07, 6.45) is 4.12. The summed E-state index contributed by atoms with van der Waals surface area (Å²) < 4.78 is 18.4. The summed E-state index contributed by atoms with van der Waals surface area (Å²) >= 11 is 3.47. The van der Waals surface area contributed by atoms with Crippen LogP contribution in [0.5, 0.6) is 11.5 Å². The molecule has 0 aromatic heterocycles. The van der Waals surface area contributed by atoms with Crippen molar-refractivity contribution in [3.8, 4) is 11.5 Å². The van der Waals surface area contributed by atoms with Gasteiger partial charge in [-0.25, -0.2) is 4.79 Å². The number of ether oxygens (including phenoxy) is 3. The normalized spacial score (nSPS) is 23.5. The van der Waals surface area contributed by atoms with E-state index in [-0.39, 0.29) is 18.2 Å². The van der Waals surface area contributed by atoms with Gasteiger partial charge in [-0.05, 0) is 68.5 Å². The first kappa shape index (κ1) is 22.5. The Hall–Kier alpha value is -2.25. The summed E-state index contributed by atoms with van der Waals surface area (Å²) in [7, 11) is 0. The SMILES string of the molecule is O=C1OC[C@H](Cc2ccccc2)N1CCC1CCN(C[C@H]2COc3cc(Br)ccc3O2)CC1. The average molecular weight is 515 g/mol. The lowest BCUT2D eigenvalue weighted by Crippen LogP contribution is -2.44. The maximum atomic E-state index is 12.3. The number of halogens is 1. The second-order valence-electron chi connectivity index (χ2n) is 9.29. The number of cyclic esters (lactones) is 1. The van der Waals surface area contributed by atoms with Crippen LogP contribution in [0.15, 0.2) is 53.0 Å². The molecular weight excluding hydrogens is 484 g/mol. The molecule has 0 bridgehead atoms. The van der Waals surface area contributed by atoms with Crippen LogP contribution in [-0.2, 0) is 11.2 Å². The first-order chi connectivity index (χ1) is 16.1. The van der Waals surface area contributed by atoms with Crippen molar-refractivity contribution in [3.05, 3.63) is 58.6 Å². The molecule has 3 aliphatic heterocycles. The van der Waals surface area contributed by atoms with Crippen molar-refractivity contribution in [1.82, 2.24) is 9.80 Å². The third kappa shape index (κ3) is 5.64. The molecule has 7 heteroatoms. The van der Waals surface area contributed by atoms with E-state index in [1.807, 2.05) is 41.3 Å². The fraction of sp³-hybridized carbons (Fsp3) is 0.500. The van der Waals surface area contributed by atoms with Crippen molar-refractivity contribution < 1.29 is 19.0 Å². The van der Waals surface area contributed by atoms with E-state index in [0.717, 1.165) is 67.8 Å². The zero-order valence-corrected chi connectivity index (χ0v) is 20.4. The van der Waals surface area contributed by atoms with Crippen molar-refractivity contribution in [2.45, 2.75) is 37.8 Å². The van der Waals surface area contributed by atoms with E-state index in [1.54, 1.807) is 0 Å². The molecule has 33 heavy (non-hydrogen) atoms. The lowest BCUT2D eigenvalue weighted by molar-refractivity contribution is 0.0465. The Bertz CT molecular complexity index is 949. The smallest absolute Gasteiger partial charge is 0.410 e. The average Bonchev–Trinajstić information content (AvgIpc) is 3.18. The third-order valence-electron chi connectivity index (χ3n) is 6.96. The molecule has 0 radical (unpaired) electrons. The molecule has 6 nitrogen and oxygen atoms in total. The zero-order valence-electron chi connectivity index (χ0n) is 18.8. The van der Waals surface area contributed by atoms with Crippen LogP contribution in [0.1, 0.15) is 24.8 Å². The van der Waals surface area contributed by atoms with E-state index in [0.29, 0.717) is 19.1 Å². The van der Waals surface area contributed by atoms with Gasteiger partial charge in [-0.3, -0.25) is 4.90 Å². The number of amides is 1. The Morgan fingerprint density at radius 2 is 1.79 bits per heavy atom. The predicted octanol–water partition coefficient (Wildman–Crippen LogP) is 4.75. The number of fused-ring (bicyclic) bond motifs is 1. The first-order valence-corrected chi connectivity index (χ1v) is 12.7. The maximum Gasteiger partial charge on any atom is 0.410 e. The second kappa shape index (κ2) is 10.3. The molecular formula is C26H31BrN2O4. The van der Waals surface area contributed by atoms with Crippen LogP contribution >= 0.6 is 15.9 Å². The maximum absolute atomic E-state index is 12.3. The molecule has 3 aliphatic rings. The molecule has 0 saturated carbocycles. The summed E-state index contributed by atoms with van der Waals surface area (Å²) in [6.45, 7) is 4.89. The van der Waals surface area contributed by atoms with E-state index >= 15 is 0 Å². The van der Waals surface area contributed by atoms with Gasteiger partial charge in [-0.1, -0.05) is 46.3 Å². The van der Waals surface area contributed by atoms with E-state index in [9.17, 15) is 4.79 Å². The second-order valence-corrected chi connectivity index (χ2v) is 10.2. The quantitative estimate of drug-likeness (QED) is 0.533. The highest BCUT2D eigenvalue weighted by atomic mass is 79.9. The number of likely N-dealkylation sites (tertiary alicyclic amines) is 1. The molecule has 1 amide bonds. The van der Waals surface area contributed by atoms with Crippen LogP contribution in [0.2, 0.25) is 0 Å². The number of carbonyl (C=O) groups excluding carboxylic acids is 1. The van der Waals surface area contributed by atoms with Crippen molar-refractivity contribution in [2.75, 3.05) is 39.4 Å². The molecule has 2 saturated heterocycles. The number of hydrogen-bond donors (Lipinski definition) is 0. The van der Waals surface area contributed by atoms with Gasteiger partial charge in [0, 0.05) is 17.6 Å². The molecule has 2 atom stereocenters. The lowest BCUT2D eigenvalue weighted by Gasteiger charge is -2.36. The van der Waals surface area contributed by atoms with Crippen LogP contribution in [0, 0.1) is 5.92 Å². The Labute approximate surface area is 203 Å². The molecule has 0 spiro atoms. The van der Waals surface area contributed by atoms with Crippen molar-refractivity contribution >= 4 is 22.0 Å². The topological polar surface area (TPSA) is 51.2 Å². The van der Waals surface area contributed by atoms with Gasteiger partial charge >= 0.3 is 6.09 Å². The van der Waals surface area contributed by atoms with Crippen LogP contribution < -0.4 is 9.47 Å². The van der Waals surface area contributed by atoms with Crippen LogP contribution in [0.25, 0.3) is 0 Å². The summed E-state index contributed by atoms with van der Waals surface area (Å²) in [5.41, 5.74) is 1.25. The lowest BCUT2D eigenvalue weighted by atomic mass is 9.93. The standard InChI is InChI=1S/C26H31BrN2O4/c27-21-6-7-24-25(15-21)31-18-23(33-24)16-28-11-8-19(9-12-28)10-13-29-22(17-32-26(29)30)14-20-4-2-1-3-5-20/h1-7,15,19,22-23H,8-14,16-18H2/t22-,23-/m0/s1. The number of rotatable bonds is 7. The fourth-order valence-corrected chi connectivity index (χ4v) is 5.40. The highest BCUT2D eigenvalue weighted by molar-refractivity contribution is 9.10. The molecule has 0 N–H and O–H groups in total. The van der Waals surface area contributed by atoms with Gasteiger partial charge in [0.15, 0.2) is 11.5 Å². The molecule has 3 heterocycles. The monoisotopic (exact) mass is 514 g/mol. The van der Waals surface area contributed by atoms with Crippen molar-refractivity contribution in [3.63, 3.8) is 0 Å². The molecule has 176 valence electrons. The molecule has 2 fully saturated rings. The number of nitrogens with zero attached hydrogens (tertiary/aromatic N) is 2. The van der Waals surface area contributed by atoms with Gasteiger partial charge in [0.2, 0.25) is 0 Å². The minimum absolute atomic E-state index is 0.0633. The van der Waals surface area contributed by atoms with E-state index in [1.165, 1.54) is 5.56 Å². The van der Waals surface area contributed by atoms with Gasteiger partial charge in [0.25, 0.3) is 0 Å². The van der Waals surface area contributed by atoms with Crippen molar-refractivity contribution in [2.24, 2.45) is 5.92 Å². The summed E-state index contributed by atoms with van der Waals surface area (Å²) in [5.74, 6) is 2.28. The zero-order chi connectivity index (χ0) is 22.6. The van der Waals surface area contributed by atoms with Crippen LogP contribution in [0.4, 0.5) is 4.79 Å². The Kier molecular flexibility index (Phi) is 7.07. The number of piperidine rings is 1. The highest BCUT2D eigenvalue weighted by Gasteiger charge is 2.33. The van der Waals surface area contributed by atoms with Gasteiger partial charge in [-0.2, -0.15) is 0 Å². The van der Waals surface area contributed by atoms with E-state index < -0.39 is 0 Å². The minimum atomic E-state index is -0.157. The van der Waals surface area contributed by atoms with Crippen LogP contribution in [0.3, 0.4) is 0 Å². The highest BCUT2D eigenvalue weighted by Crippen LogP contribution is 2.34. The molecule has 2 aromatic rings. The van der Waals surface area contributed by atoms with Gasteiger partial charge < -0.3 is 19.1 Å². The largest absolute Gasteiger partial charge is 0.486 e. The van der Waals surface area contributed by atoms with Crippen LogP contribution in [-0.4, -0.2) is 67.4 Å². The van der Waals surface area contributed by atoms with Gasteiger partial charge in [0.05, 0.1) is 6.04 Å². The summed E-state index contributed by atoms with van der Waals surface area (Å²) in [6, 6.07) is 16.4. The minimum Gasteiger partial charge on any atom is -0.486 e. The Morgan fingerprint density at radius 1 is 0.970 bits per heavy atom. The molecule has 0 unspecified atom stereocenters. The molecule has 2 aromatic carbocycles. The van der Waals surface area contributed by atoms with E-state index in [2.05, 4.69) is 33.0 Å². The first-order valence-electron chi connectivity index (χ1n) is 11.9. The number of carbonyl (C=O) groups is 1. The molecule has 0 aliphatic carbocycles.